The number of nitrogens with one attached hydrogen (secondary N) is 1. The molecule has 1 saturated heterocycles. The van der Waals surface area contributed by atoms with Gasteiger partial charge < -0.3 is 9.74 Å². The fraction of sp³-hybridized carbons (Fsp3) is 0.294. The molecule has 3 nitrogen and oxygen atoms in total. The van der Waals surface area contributed by atoms with Gasteiger partial charge in [-0.2, -0.15) is 5.48 Å². The summed E-state index contributed by atoms with van der Waals surface area (Å²) in [6, 6.07) is 13.4. The zero-order valence-corrected chi connectivity index (χ0v) is 12.3. The van der Waals surface area contributed by atoms with Crippen LogP contribution in [0.1, 0.15) is 18.0 Å². The van der Waals surface area contributed by atoms with E-state index in [1.807, 2.05) is 43.3 Å². The molecule has 0 aliphatic carbocycles. The van der Waals surface area contributed by atoms with Crippen LogP contribution < -0.4 is 10.4 Å². The topological polar surface area (TPSA) is 24.5 Å². The van der Waals surface area contributed by atoms with Crippen molar-refractivity contribution in [2.24, 2.45) is 0 Å². The molecule has 1 atom stereocenters. The van der Waals surface area contributed by atoms with E-state index >= 15 is 0 Å². The number of benzene rings is 2. The molecule has 2 aromatic carbocycles. The number of hydrogen-bond acceptors (Lipinski definition) is 3. The lowest BCUT2D eigenvalue weighted by Gasteiger charge is -2.15. The minimum Gasteiger partial charge on any atom is -0.378 e. The predicted molar refractivity (Wildman–Crippen MR) is 82.6 cm³/mol. The maximum atomic E-state index is 13.9. The Balaban J connectivity index is 1.99. The van der Waals surface area contributed by atoms with Gasteiger partial charge in [0.15, 0.2) is 0 Å². The number of anilines is 1. The number of hydroxylamine groups is 1. The molecule has 1 aliphatic heterocycles. The van der Waals surface area contributed by atoms with Crippen LogP contribution in [0.3, 0.4) is 0 Å². The highest BCUT2D eigenvalue weighted by Crippen LogP contribution is 2.29. The second kappa shape index (κ2) is 5.84. The molecule has 0 spiro atoms. The van der Waals surface area contributed by atoms with E-state index in [4.69, 9.17) is 4.84 Å². The van der Waals surface area contributed by atoms with Crippen molar-refractivity contribution >= 4 is 5.69 Å². The molecule has 4 heteroatoms. The number of halogens is 1. The van der Waals surface area contributed by atoms with Crippen molar-refractivity contribution in [1.29, 1.82) is 0 Å². The lowest BCUT2D eigenvalue weighted by atomic mass is 9.98. The first-order chi connectivity index (χ1) is 10.1. The highest BCUT2D eigenvalue weighted by Gasteiger charge is 2.18. The summed E-state index contributed by atoms with van der Waals surface area (Å²) in [4.78, 5) is 7.21. The van der Waals surface area contributed by atoms with E-state index in [1.54, 1.807) is 12.1 Å². The van der Waals surface area contributed by atoms with Crippen molar-refractivity contribution in [3.05, 3.63) is 53.8 Å². The standard InChI is InChI=1S/C17H19FN2O/c1-20(2)16-5-3-4-12(11-16)13-8-14(10-15(18)9-13)17-6-7-21-19-17/h3-5,8-11,17,19H,6-7H2,1-2H3/t17-/m1/s1. The third-order valence-corrected chi connectivity index (χ3v) is 3.75. The first-order valence-corrected chi connectivity index (χ1v) is 7.09. The maximum absolute atomic E-state index is 13.9. The first kappa shape index (κ1) is 14.0. The van der Waals surface area contributed by atoms with Gasteiger partial charge in [-0.05, 0) is 53.4 Å². The van der Waals surface area contributed by atoms with Crippen LogP contribution in [0.2, 0.25) is 0 Å². The fourth-order valence-corrected chi connectivity index (χ4v) is 2.57. The molecule has 0 aromatic heterocycles. The van der Waals surface area contributed by atoms with E-state index in [1.165, 1.54) is 0 Å². The zero-order chi connectivity index (χ0) is 14.8. The maximum Gasteiger partial charge on any atom is 0.124 e. The Morgan fingerprint density at radius 2 is 2.00 bits per heavy atom. The summed E-state index contributed by atoms with van der Waals surface area (Å²) in [5.41, 5.74) is 6.87. The Kier molecular flexibility index (Phi) is 3.90. The van der Waals surface area contributed by atoms with Crippen LogP contribution in [0.4, 0.5) is 10.1 Å². The van der Waals surface area contributed by atoms with Gasteiger partial charge in [-0.25, -0.2) is 4.39 Å². The van der Waals surface area contributed by atoms with Gasteiger partial charge in [0, 0.05) is 19.8 Å². The Morgan fingerprint density at radius 3 is 2.71 bits per heavy atom. The number of hydrogen-bond donors (Lipinski definition) is 1. The van der Waals surface area contributed by atoms with E-state index < -0.39 is 0 Å². The second-order valence-electron chi connectivity index (χ2n) is 5.53. The summed E-state index contributed by atoms with van der Waals surface area (Å²) in [7, 11) is 3.99. The third kappa shape index (κ3) is 3.06. The summed E-state index contributed by atoms with van der Waals surface area (Å²) in [5, 5.41) is 0. The molecule has 0 bridgehead atoms. The Morgan fingerprint density at radius 1 is 1.14 bits per heavy atom. The fourth-order valence-electron chi connectivity index (χ4n) is 2.57. The predicted octanol–water partition coefficient (Wildman–Crippen LogP) is 3.52. The van der Waals surface area contributed by atoms with Crippen LogP contribution in [0.25, 0.3) is 11.1 Å². The Hall–Kier alpha value is -1.91. The molecule has 21 heavy (non-hydrogen) atoms. The van der Waals surface area contributed by atoms with Crippen LogP contribution in [0, 0.1) is 5.82 Å². The molecule has 0 saturated carbocycles. The minimum atomic E-state index is -0.216. The highest BCUT2D eigenvalue weighted by molar-refractivity contribution is 5.69. The van der Waals surface area contributed by atoms with Gasteiger partial charge in [0.1, 0.15) is 5.82 Å². The van der Waals surface area contributed by atoms with Crippen molar-refractivity contribution in [3.8, 4) is 11.1 Å². The monoisotopic (exact) mass is 286 g/mol. The van der Waals surface area contributed by atoms with Crippen LogP contribution in [0.15, 0.2) is 42.5 Å². The van der Waals surface area contributed by atoms with Gasteiger partial charge in [0.2, 0.25) is 0 Å². The molecule has 110 valence electrons. The Labute approximate surface area is 124 Å². The van der Waals surface area contributed by atoms with Crippen molar-refractivity contribution in [1.82, 2.24) is 5.48 Å². The molecular weight excluding hydrogens is 267 g/mol. The molecule has 1 aliphatic rings. The minimum absolute atomic E-state index is 0.0662. The quantitative estimate of drug-likeness (QED) is 0.934. The summed E-state index contributed by atoms with van der Waals surface area (Å²) in [6.45, 7) is 0.659. The smallest absolute Gasteiger partial charge is 0.124 e. The van der Waals surface area contributed by atoms with Crippen LogP contribution in [-0.2, 0) is 4.84 Å². The normalized spacial score (nSPS) is 18.0. The molecule has 3 rings (SSSR count). The lowest BCUT2D eigenvalue weighted by Crippen LogP contribution is -2.11. The van der Waals surface area contributed by atoms with Gasteiger partial charge in [0.05, 0.1) is 12.6 Å². The van der Waals surface area contributed by atoms with E-state index in [9.17, 15) is 4.39 Å². The number of rotatable bonds is 3. The molecule has 0 amide bonds. The zero-order valence-electron chi connectivity index (χ0n) is 12.3. The molecule has 0 radical (unpaired) electrons. The van der Waals surface area contributed by atoms with Crippen LogP contribution in [-0.4, -0.2) is 20.7 Å². The van der Waals surface area contributed by atoms with Crippen LogP contribution in [0.5, 0.6) is 0 Å². The average Bonchev–Trinajstić information content (AvgIpc) is 3.01. The van der Waals surface area contributed by atoms with Gasteiger partial charge >= 0.3 is 0 Å². The largest absolute Gasteiger partial charge is 0.378 e. The third-order valence-electron chi connectivity index (χ3n) is 3.75. The lowest BCUT2D eigenvalue weighted by molar-refractivity contribution is 0.0882. The van der Waals surface area contributed by atoms with Crippen molar-refractivity contribution in [2.75, 3.05) is 25.6 Å². The van der Waals surface area contributed by atoms with E-state index in [-0.39, 0.29) is 11.9 Å². The molecule has 1 fully saturated rings. The highest BCUT2D eigenvalue weighted by atomic mass is 19.1. The number of nitrogens with zero attached hydrogens (tertiary/aromatic N) is 1. The van der Waals surface area contributed by atoms with Crippen molar-refractivity contribution in [2.45, 2.75) is 12.5 Å². The molecular formula is C17H19FN2O. The van der Waals surface area contributed by atoms with Gasteiger partial charge in [-0.3, -0.25) is 0 Å². The van der Waals surface area contributed by atoms with Crippen molar-refractivity contribution in [3.63, 3.8) is 0 Å². The summed E-state index contributed by atoms with van der Waals surface area (Å²) < 4.78 is 13.9. The van der Waals surface area contributed by atoms with E-state index in [0.717, 1.165) is 28.8 Å². The average molecular weight is 286 g/mol. The van der Waals surface area contributed by atoms with E-state index in [0.29, 0.717) is 6.61 Å². The summed E-state index contributed by atoms with van der Waals surface area (Å²) in [5.74, 6) is -0.216. The van der Waals surface area contributed by atoms with Gasteiger partial charge in [-0.1, -0.05) is 12.1 Å². The summed E-state index contributed by atoms with van der Waals surface area (Å²) >= 11 is 0. The molecule has 1 heterocycles. The van der Waals surface area contributed by atoms with E-state index in [2.05, 4.69) is 11.5 Å². The summed E-state index contributed by atoms with van der Waals surface area (Å²) in [6.07, 6.45) is 0.862. The first-order valence-electron chi connectivity index (χ1n) is 7.09. The molecule has 2 aromatic rings. The Bertz CT molecular complexity index is 636. The second-order valence-corrected chi connectivity index (χ2v) is 5.53. The SMILES string of the molecule is CN(C)c1cccc(-c2cc(F)cc([C@H]3CCON3)c2)c1. The van der Waals surface area contributed by atoms with Gasteiger partial charge in [0.25, 0.3) is 0 Å². The van der Waals surface area contributed by atoms with Crippen LogP contribution >= 0.6 is 0 Å². The van der Waals surface area contributed by atoms with Crippen molar-refractivity contribution < 1.29 is 9.23 Å². The van der Waals surface area contributed by atoms with Gasteiger partial charge in [-0.15, -0.1) is 0 Å². The molecule has 1 N–H and O–H groups in total. The molecule has 0 unspecified atom stereocenters.